The first-order chi connectivity index (χ1) is 7.24. The molecule has 0 saturated heterocycles. The van der Waals surface area contributed by atoms with Crippen molar-refractivity contribution >= 4 is 11.3 Å². The molecule has 0 spiro atoms. The van der Waals surface area contributed by atoms with Gasteiger partial charge in [0.05, 0.1) is 6.10 Å². The fourth-order valence-corrected chi connectivity index (χ4v) is 2.61. The van der Waals surface area contributed by atoms with Crippen LogP contribution in [0.3, 0.4) is 0 Å². The Morgan fingerprint density at radius 1 is 1.20 bits per heavy atom. The largest absolute Gasteiger partial charge is 0.388 e. The quantitative estimate of drug-likeness (QED) is 0.681. The minimum atomic E-state index is -0.231. The molecule has 0 radical (unpaired) electrons. The van der Waals surface area contributed by atoms with Gasteiger partial charge < -0.3 is 5.11 Å². The predicted molar refractivity (Wildman–Crippen MR) is 67.4 cm³/mol. The van der Waals surface area contributed by atoms with E-state index in [4.69, 9.17) is 0 Å². The molecule has 1 aromatic rings. The average Bonchev–Trinajstić information content (AvgIpc) is 2.64. The number of aliphatic hydroxyl groups excluding tert-OH is 1. The van der Waals surface area contributed by atoms with E-state index in [0.717, 1.165) is 17.7 Å². The lowest BCUT2D eigenvalue weighted by atomic mass is 10.1. The topological polar surface area (TPSA) is 20.2 Å². The summed E-state index contributed by atoms with van der Waals surface area (Å²) in [5.74, 6) is 0. The molecule has 1 rings (SSSR count). The van der Waals surface area contributed by atoms with E-state index >= 15 is 0 Å². The van der Waals surface area contributed by atoms with Gasteiger partial charge in [0.1, 0.15) is 0 Å². The lowest BCUT2D eigenvalue weighted by Gasteiger charge is -2.07. The van der Waals surface area contributed by atoms with Crippen LogP contribution in [0.5, 0.6) is 0 Å². The van der Waals surface area contributed by atoms with Crippen molar-refractivity contribution in [2.24, 2.45) is 0 Å². The van der Waals surface area contributed by atoms with E-state index in [-0.39, 0.29) is 6.10 Å². The van der Waals surface area contributed by atoms with Crippen molar-refractivity contribution in [3.05, 3.63) is 21.9 Å². The van der Waals surface area contributed by atoms with Crippen LogP contribution in [0.4, 0.5) is 0 Å². The Bertz CT molecular complexity index is 267. The molecule has 1 heterocycles. The molecule has 0 amide bonds. The van der Waals surface area contributed by atoms with E-state index in [1.54, 1.807) is 11.3 Å². The Morgan fingerprint density at radius 2 is 1.93 bits per heavy atom. The second kappa shape index (κ2) is 7.02. The van der Waals surface area contributed by atoms with Crippen molar-refractivity contribution in [1.29, 1.82) is 0 Å². The van der Waals surface area contributed by atoms with E-state index in [0.29, 0.717) is 0 Å². The van der Waals surface area contributed by atoms with Gasteiger partial charge in [-0.2, -0.15) is 0 Å². The van der Waals surface area contributed by atoms with E-state index in [1.165, 1.54) is 30.6 Å². The third-order valence-electron chi connectivity index (χ3n) is 2.67. The average molecular weight is 226 g/mol. The summed E-state index contributed by atoms with van der Waals surface area (Å²) < 4.78 is 0. The van der Waals surface area contributed by atoms with Crippen LogP contribution < -0.4 is 0 Å². The summed E-state index contributed by atoms with van der Waals surface area (Å²) >= 11 is 1.71. The number of aliphatic hydroxyl groups is 1. The van der Waals surface area contributed by atoms with Crippen molar-refractivity contribution in [3.8, 4) is 0 Å². The van der Waals surface area contributed by atoms with Gasteiger partial charge in [-0.1, -0.05) is 39.0 Å². The molecular weight excluding hydrogens is 204 g/mol. The fraction of sp³-hybridized carbons (Fsp3) is 0.692. The highest BCUT2D eigenvalue weighted by atomic mass is 32.1. The summed E-state index contributed by atoms with van der Waals surface area (Å²) in [7, 11) is 0. The second-order valence-electron chi connectivity index (χ2n) is 4.17. The highest BCUT2D eigenvalue weighted by Gasteiger charge is 2.08. The Labute approximate surface area is 97.2 Å². The van der Waals surface area contributed by atoms with E-state index in [1.807, 2.05) is 0 Å². The monoisotopic (exact) mass is 226 g/mol. The number of rotatable bonds is 7. The first-order valence-corrected chi connectivity index (χ1v) is 6.80. The number of thiophene rings is 1. The second-order valence-corrected chi connectivity index (χ2v) is 5.49. The van der Waals surface area contributed by atoms with E-state index < -0.39 is 0 Å². The summed E-state index contributed by atoms with van der Waals surface area (Å²) in [5, 5.41) is 9.90. The zero-order chi connectivity index (χ0) is 11.1. The van der Waals surface area contributed by atoms with Crippen LogP contribution >= 0.6 is 11.3 Å². The Kier molecular flexibility index (Phi) is 5.96. The molecule has 1 atom stereocenters. The van der Waals surface area contributed by atoms with Crippen LogP contribution in [0.15, 0.2) is 12.1 Å². The molecule has 15 heavy (non-hydrogen) atoms. The molecule has 1 nitrogen and oxygen atoms in total. The molecule has 0 aliphatic rings. The lowest BCUT2D eigenvalue weighted by Crippen LogP contribution is -1.94. The first kappa shape index (κ1) is 12.7. The smallest absolute Gasteiger partial charge is 0.0882 e. The summed E-state index contributed by atoms with van der Waals surface area (Å²) in [4.78, 5) is 2.41. The zero-order valence-corrected chi connectivity index (χ0v) is 10.6. The third kappa shape index (κ3) is 4.80. The van der Waals surface area contributed by atoms with E-state index in [9.17, 15) is 5.11 Å². The van der Waals surface area contributed by atoms with Crippen molar-refractivity contribution in [2.75, 3.05) is 0 Å². The molecule has 0 saturated carbocycles. The summed E-state index contributed by atoms with van der Waals surface area (Å²) in [6.07, 6.45) is 7.02. The molecule has 0 aliphatic heterocycles. The zero-order valence-electron chi connectivity index (χ0n) is 9.83. The molecule has 1 N–H and O–H groups in total. The van der Waals surface area contributed by atoms with Gasteiger partial charge in [-0.15, -0.1) is 11.3 Å². The predicted octanol–water partition coefficient (Wildman–Crippen LogP) is 4.45. The van der Waals surface area contributed by atoms with Gasteiger partial charge >= 0.3 is 0 Å². The van der Waals surface area contributed by atoms with Crippen molar-refractivity contribution in [2.45, 2.75) is 58.5 Å². The van der Waals surface area contributed by atoms with Gasteiger partial charge in [0, 0.05) is 9.75 Å². The van der Waals surface area contributed by atoms with Crippen LogP contribution in [-0.2, 0) is 0 Å². The Morgan fingerprint density at radius 3 is 2.53 bits per heavy atom. The van der Waals surface area contributed by atoms with Crippen molar-refractivity contribution < 1.29 is 5.11 Å². The molecule has 0 bridgehead atoms. The number of unbranched alkanes of at least 4 members (excludes halogenated alkanes) is 4. The Hall–Kier alpha value is -0.340. The molecule has 2 heteroatoms. The maximum atomic E-state index is 9.90. The number of hydrogen-bond acceptors (Lipinski definition) is 2. The van der Waals surface area contributed by atoms with Crippen LogP contribution in [-0.4, -0.2) is 5.11 Å². The molecule has 86 valence electrons. The van der Waals surface area contributed by atoms with Gasteiger partial charge in [0.15, 0.2) is 0 Å². The van der Waals surface area contributed by atoms with Gasteiger partial charge in [0.2, 0.25) is 0 Å². The lowest BCUT2D eigenvalue weighted by molar-refractivity contribution is 0.167. The van der Waals surface area contributed by atoms with Gasteiger partial charge in [-0.05, 0) is 25.5 Å². The highest BCUT2D eigenvalue weighted by Crippen LogP contribution is 2.26. The SMILES string of the molecule is CCCCCCCC(O)c1ccc(C)s1. The molecular formula is C13H22OS. The summed E-state index contributed by atoms with van der Waals surface area (Å²) in [6.45, 7) is 4.31. The number of aryl methyl sites for hydroxylation is 1. The van der Waals surface area contributed by atoms with Gasteiger partial charge in [-0.3, -0.25) is 0 Å². The highest BCUT2D eigenvalue weighted by molar-refractivity contribution is 7.11. The third-order valence-corrected chi connectivity index (χ3v) is 3.77. The van der Waals surface area contributed by atoms with Crippen LogP contribution in [0, 0.1) is 6.92 Å². The maximum absolute atomic E-state index is 9.90. The normalized spacial score (nSPS) is 13.0. The number of hydrogen-bond donors (Lipinski definition) is 1. The minimum Gasteiger partial charge on any atom is -0.388 e. The van der Waals surface area contributed by atoms with Crippen molar-refractivity contribution in [1.82, 2.24) is 0 Å². The molecule has 1 aromatic heterocycles. The van der Waals surface area contributed by atoms with Crippen LogP contribution in [0.1, 0.15) is 61.3 Å². The van der Waals surface area contributed by atoms with E-state index in [2.05, 4.69) is 26.0 Å². The molecule has 0 aliphatic carbocycles. The molecule has 1 unspecified atom stereocenters. The first-order valence-electron chi connectivity index (χ1n) is 5.98. The summed E-state index contributed by atoms with van der Waals surface area (Å²) in [5.41, 5.74) is 0. The minimum absolute atomic E-state index is 0.231. The Balaban J connectivity index is 2.16. The van der Waals surface area contributed by atoms with Crippen LogP contribution in [0.25, 0.3) is 0 Å². The standard InChI is InChI=1S/C13H22OS/c1-3-4-5-6-7-8-12(14)13-10-9-11(2)15-13/h9-10,12,14H,3-8H2,1-2H3. The maximum Gasteiger partial charge on any atom is 0.0882 e. The summed E-state index contributed by atoms with van der Waals surface area (Å²) in [6, 6.07) is 4.14. The van der Waals surface area contributed by atoms with Gasteiger partial charge in [0.25, 0.3) is 0 Å². The fourth-order valence-electron chi connectivity index (χ4n) is 1.72. The van der Waals surface area contributed by atoms with Crippen molar-refractivity contribution in [3.63, 3.8) is 0 Å². The molecule has 0 fully saturated rings. The van der Waals surface area contributed by atoms with Crippen LogP contribution in [0.2, 0.25) is 0 Å². The molecule has 0 aromatic carbocycles. The van der Waals surface area contributed by atoms with Gasteiger partial charge in [-0.25, -0.2) is 0 Å².